The molecule has 0 N–H and O–H groups in total. The quantitative estimate of drug-likeness (QED) is 0.476. The van der Waals surface area contributed by atoms with E-state index in [1.807, 2.05) is 13.8 Å². The van der Waals surface area contributed by atoms with E-state index in [0.717, 1.165) is 12.1 Å². The van der Waals surface area contributed by atoms with Gasteiger partial charge in [0.05, 0.1) is 36.5 Å². The van der Waals surface area contributed by atoms with Gasteiger partial charge in [-0.2, -0.15) is 0 Å². The minimum absolute atomic E-state index is 0.0217. The molecule has 0 spiro atoms. The van der Waals surface area contributed by atoms with Gasteiger partial charge in [0.1, 0.15) is 11.6 Å². The van der Waals surface area contributed by atoms with Crippen LogP contribution in [0.4, 0.5) is 4.39 Å². The SMILES string of the molecule is COc1ccc(F)cc1C(=O)COC(=O)c1cc(Cl)c(OC(C)C)c(OC)c1. The maximum absolute atomic E-state index is 13.4. The number of benzene rings is 2. The molecule has 0 aliphatic heterocycles. The van der Waals surface area contributed by atoms with Crippen molar-refractivity contribution in [3.63, 3.8) is 0 Å². The molecule has 0 bridgehead atoms. The van der Waals surface area contributed by atoms with E-state index in [4.69, 9.17) is 30.5 Å². The van der Waals surface area contributed by atoms with E-state index < -0.39 is 24.2 Å². The molecule has 28 heavy (non-hydrogen) atoms. The Labute approximate surface area is 167 Å². The summed E-state index contributed by atoms with van der Waals surface area (Å²) in [5.41, 5.74) is 0.0588. The van der Waals surface area contributed by atoms with Gasteiger partial charge >= 0.3 is 5.97 Å². The molecule has 2 aromatic carbocycles. The Kier molecular flexibility index (Phi) is 7.23. The zero-order valence-corrected chi connectivity index (χ0v) is 16.6. The average Bonchev–Trinajstić information content (AvgIpc) is 2.66. The largest absolute Gasteiger partial charge is 0.496 e. The first-order chi connectivity index (χ1) is 13.3. The Balaban J connectivity index is 2.16. The molecule has 6 nitrogen and oxygen atoms in total. The second kappa shape index (κ2) is 9.41. The topological polar surface area (TPSA) is 71.1 Å². The number of rotatable bonds is 8. The Morgan fingerprint density at radius 2 is 1.75 bits per heavy atom. The number of Topliss-reactive ketones (excluding diaryl/α,β-unsaturated/α-hetero) is 1. The second-order valence-corrected chi connectivity index (χ2v) is 6.41. The summed E-state index contributed by atoms with van der Waals surface area (Å²) in [5.74, 6) is -1.26. The van der Waals surface area contributed by atoms with Crippen molar-refractivity contribution in [3.05, 3.63) is 52.3 Å². The van der Waals surface area contributed by atoms with E-state index in [1.165, 1.54) is 32.4 Å². The maximum atomic E-state index is 13.4. The number of halogens is 2. The molecule has 0 aromatic heterocycles. The van der Waals surface area contributed by atoms with Crippen molar-refractivity contribution in [2.75, 3.05) is 20.8 Å². The molecule has 0 aliphatic rings. The number of methoxy groups -OCH3 is 2. The van der Waals surface area contributed by atoms with Crippen LogP contribution in [0.25, 0.3) is 0 Å². The molecule has 150 valence electrons. The third kappa shape index (κ3) is 5.13. The lowest BCUT2D eigenvalue weighted by Gasteiger charge is -2.16. The van der Waals surface area contributed by atoms with Gasteiger partial charge in [-0.25, -0.2) is 9.18 Å². The van der Waals surface area contributed by atoms with E-state index >= 15 is 0 Å². The first kappa shape index (κ1) is 21.5. The van der Waals surface area contributed by atoms with Gasteiger partial charge in [-0.1, -0.05) is 11.6 Å². The van der Waals surface area contributed by atoms with Gasteiger partial charge in [0.25, 0.3) is 0 Å². The van der Waals surface area contributed by atoms with Crippen LogP contribution >= 0.6 is 11.6 Å². The van der Waals surface area contributed by atoms with Crippen molar-refractivity contribution >= 4 is 23.4 Å². The van der Waals surface area contributed by atoms with Crippen LogP contribution in [0.1, 0.15) is 34.6 Å². The number of carbonyl (C=O) groups is 2. The fraction of sp³-hybridized carbons (Fsp3) is 0.300. The Hall–Kier alpha value is -2.80. The third-order valence-electron chi connectivity index (χ3n) is 3.61. The molecule has 0 aliphatic carbocycles. The van der Waals surface area contributed by atoms with Gasteiger partial charge < -0.3 is 18.9 Å². The predicted molar refractivity (Wildman–Crippen MR) is 101 cm³/mol. The van der Waals surface area contributed by atoms with Crippen LogP contribution in [0.2, 0.25) is 5.02 Å². The number of esters is 1. The Morgan fingerprint density at radius 1 is 1.07 bits per heavy atom. The summed E-state index contributed by atoms with van der Waals surface area (Å²) in [5, 5.41) is 0.165. The van der Waals surface area contributed by atoms with Gasteiger partial charge in [0.2, 0.25) is 5.78 Å². The zero-order valence-electron chi connectivity index (χ0n) is 15.9. The Morgan fingerprint density at radius 3 is 2.36 bits per heavy atom. The summed E-state index contributed by atoms with van der Waals surface area (Å²) >= 11 is 6.18. The molecule has 0 radical (unpaired) electrons. The summed E-state index contributed by atoms with van der Waals surface area (Å²) in [6, 6.07) is 6.27. The number of ketones is 1. The summed E-state index contributed by atoms with van der Waals surface area (Å²) in [7, 11) is 2.76. The number of ether oxygens (including phenoxy) is 4. The van der Waals surface area contributed by atoms with E-state index in [1.54, 1.807) is 0 Å². The van der Waals surface area contributed by atoms with Gasteiger partial charge in [0.15, 0.2) is 18.1 Å². The van der Waals surface area contributed by atoms with Crippen LogP contribution in [0, 0.1) is 5.82 Å². The normalized spacial score (nSPS) is 10.5. The van der Waals surface area contributed by atoms with Crippen molar-refractivity contribution < 1.29 is 32.9 Å². The standard InChI is InChI=1S/C20H20ClFO6/c1-11(2)28-19-15(21)7-12(8-18(19)26-4)20(24)27-10-16(23)14-9-13(22)5-6-17(14)25-3/h5-9,11H,10H2,1-4H3. The van der Waals surface area contributed by atoms with Crippen LogP contribution in [0.5, 0.6) is 17.2 Å². The highest BCUT2D eigenvalue weighted by Crippen LogP contribution is 2.37. The van der Waals surface area contributed by atoms with E-state index in [-0.39, 0.29) is 33.8 Å². The molecule has 0 atom stereocenters. The summed E-state index contributed by atoms with van der Waals surface area (Å²) in [4.78, 5) is 24.6. The first-order valence-corrected chi connectivity index (χ1v) is 8.72. The van der Waals surface area contributed by atoms with Crippen LogP contribution in [-0.2, 0) is 4.74 Å². The number of carbonyl (C=O) groups excluding carboxylic acids is 2. The third-order valence-corrected chi connectivity index (χ3v) is 3.90. The van der Waals surface area contributed by atoms with E-state index in [0.29, 0.717) is 5.75 Å². The average molecular weight is 411 g/mol. The van der Waals surface area contributed by atoms with Crippen molar-refractivity contribution in [1.82, 2.24) is 0 Å². The van der Waals surface area contributed by atoms with Gasteiger partial charge in [0, 0.05) is 0 Å². The second-order valence-electron chi connectivity index (χ2n) is 6.00. The predicted octanol–water partition coefficient (Wildman–Crippen LogP) is 4.32. The fourth-order valence-corrected chi connectivity index (χ4v) is 2.63. The molecular weight excluding hydrogens is 391 g/mol. The van der Waals surface area contributed by atoms with Gasteiger partial charge in [-0.3, -0.25) is 4.79 Å². The lowest BCUT2D eigenvalue weighted by molar-refractivity contribution is 0.0473. The molecule has 0 amide bonds. The van der Waals surface area contributed by atoms with Crippen LogP contribution < -0.4 is 14.2 Å². The molecule has 0 saturated carbocycles. The molecule has 0 saturated heterocycles. The van der Waals surface area contributed by atoms with Crippen molar-refractivity contribution in [2.45, 2.75) is 20.0 Å². The number of hydrogen-bond acceptors (Lipinski definition) is 6. The summed E-state index contributed by atoms with van der Waals surface area (Å²) in [6.45, 7) is 3.05. The molecule has 8 heteroatoms. The molecule has 2 rings (SSSR count). The lowest BCUT2D eigenvalue weighted by Crippen LogP contribution is -2.15. The molecular formula is C20H20ClFO6. The van der Waals surface area contributed by atoms with E-state index in [2.05, 4.69) is 0 Å². The molecule has 2 aromatic rings. The molecule has 0 heterocycles. The van der Waals surface area contributed by atoms with E-state index in [9.17, 15) is 14.0 Å². The maximum Gasteiger partial charge on any atom is 0.338 e. The highest BCUT2D eigenvalue weighted by molar-refractivity contribution is 6.32. The smallest absolute Gasteiger partial charge is 0.338 e. The first-order valence-electron chi connectivity index (χ1n) is 8.34. The van der Waals surface area contributed by atoms with Crippen LogP contribution in [-0.4, -0.2) is 38.7 Å². The Bertz CT molecular complexity index is 881. The van der Waals surface area contributed by atoms with Crippen LogP contribution in [0.3, 0.4) is 0 Å². The van der Waals surface area contributed by atoms with Crippen LogP contribution in [0.15, 0.2) is 30.3 Å². The summed E-state index contributed by atoms with van der Waals surface area (Å²) in [6.07, 6.45) is -0.150. The van der Waals surface area contributed by atoms with Gasteiger partial charge in [-0.15, -0.1) is 0 Å². The summed E-state index contributed by atoms with van der Waals surface area (Å²) < 4.78 is 34.3. The minimum atomic E-state index is -0.792. The van der Waals surface area contributed by atoms with Gasteiger partial charge in [-0.05, 0) is 44.2 Å². The fourth-order valence-electron chi connectivity index (χ4n) is 2.38. The highest BCUT2D eigenvalue weighted by Gasteiger charge is 2.20. The lowest BCUT2D eigenvalue weighted by atomic mass is 10.1. The zero-order chi connectivity index (χ0) is 20.8. The minimum Gasteiger partial charge on any atom is -0.496 e. The van der Waals surface area contributed by atoms with Crippen molar-refractivity contribution in [1.29, 1.82) is 0 Å². The number of hydrogen-bond donors (Lipinski definition) is 0. The molecule has 0 fully saturated rings. The monoisotopic (exact) mass is 410 g/mol. The van der Waals surface area contributed by atoms with Crippen molar-refractivity contribution in [3.8, 4) is 17.2 Å². The highest BCUT2D eigenvalue weighted by atomic mass is 35.5. The van der Waals surface area contributed by atoms with Crippen molar-refractivity contribution in [2.24, 2.45) is 0 Å². The molecule has 0 unspecified atom stereocenters.